The molecule has 1 unspecified atom stereocenters. The van der Waals surface area contributed by atoms with Gasteiger partial charge in [-0.1, -0.05) is 34.8 Å². The number of hydrogen-bond donors (Lipinski definition) is 2. The normalized spacial score (nSPS) is 12.2. The molecule has 0 saturated carbocycles. The van der Waals surface area contributed by atoms with Gasteiger partial charge in [0.25, 0.3) is 0 Å². The molecule has 150 valence electrons. The molecule has 2 heterocycles. The van der Waals surface area contributed by atoms with E-state index in [1.807, 2.05) is 19.1 Å². The Morgan fingerprint density at radius 2 is 1.86 bits per heavy atom. The van der Waals surface area contributed by atoms with Gasteiger partial charge in [-0.25, -0.2) is 0 Å². The average molecular weight is 581 g/mol. The third-order valence-corrected chi connectivity index (χ3v) is 5.92. The number of aromatic nitrogens is 3. The van der Waals surface area contributed by atoms with Crippen molar-refractivity contribution in [2.24, 2.45) is 0 Å². The average Bonchev–Trinajstić information content (AvgIpc) is 2.69. The van der Waals surface area contributed by atoms with Crippen molar-refractivity contribution >= 4 is 74.6 Å². The lowest BCUT2D eigenvalue weighted by atomic mass is 10.0. The number of anilines is 1. The van der Waals surface area contributed by atoms with Gasteiger partial charge in [-0.3, -0.25) is 10.4 Å². The molecule has 0 aliphatic heterocycles. The lowest BCUT2D eigenvalue weighted by Gasteiger charge is -2.19. The van der Waals surface area contributed by atoms with Crippen LogP contribution in [0.5, 0.6) is 5.75 Å². The van der Waals surface area contributed by atoms with Crippen LogP contribution in [0.2, 0.25) is 15.2 Å². The second-order valence-corrected chi connectivity index (χ2v) is 9.08. The van der Waals surface area contributed by atoms with Crippen LogP contribution in [0.4, 0.5) is 5.69 Å². The second kappa shape index (κ2) is 10.2. The molecule has 3 aromatic rings. The molecule has 0 radical (unpaired) electrons. The van der Waals surface area contributed by atoms with E-state index in [0.717, 1.165) is 5.69 Å². The minimum absolute atomic E-state index is 0.199. The number of nitrogens with one attached hydrogen (secondary N) is 2. The molecule has 3 rings (SSSR count). The zero-order valence-electron chi connectivity index (χ0n) is 14.9. The fourth-order valence-electron chi connectivity index (χ4n) is 2.62. The molecule has 0 bridgehead atoms. The Bertz CT molecular complexity index is 1020. The van der Waals surface area contributed by atoms with Crippen LogP contribution < -0.4 is 9.82 Å². The highest BCUT2D eigenvalue weighted by Gasteiger charge is 2.18. The summed E-state index contributed by atoms with van der Waals surface area (Å²) in [5.74, 6) is 0.561. The summed E-state index contributed by atoms with van der Waals surface area (Å²) in [6.45, 7) is 1.85. The number of ether oxygens (including phenoxy) is 1. The molecule has 0 amide bonds. The lowest BCUT2D eigenvalue weighted by Crippen LogP contribution is -2.09. The van der Waals surface area contributed by atoms with Crippen LogP contribution in [0.25, 0.3) is 0 Å². The molecule has 0 aliphatic carbocycles. The summed E-state index contributed by atoms with van der Waals surface area (Å²) in [5, 5.41) is 20.8. The monoisotopic (exact) mass is 579 g/mol. The Morgan fingerprint density at radius 3 is 2.48 bits per heavy atom. The maximum Gasteiger partial charge on any atom is 0.151 e. The van der Waals surface area contributed by atoms with Gasteiger partial charge >= 0.3 is 0 Å². The molecular weight excluding hydrogens is 566 g/mol. The molecule has 1 aromatic carbocycles. The van der Waals surface area contributed by atoms with Crippen molar-refractivity contribution in [3.05, 3.63) is 74.7 Å². The van der Waals surface area contributed by atoms with Crippen LogP contribution in [-0.2, 0) is 0 Å². The van der Waals surface area contributed by atoms with Crippen molar-refractivity contribution in [1.29, 1.82) is 5.41 Å². The van der Waals surface area contributed by atoms with Crippen molar-refractivity contribution in [3.63, 3.8) is 0 Å². The summed E-state index contributed by atoms with van der Waals surface area (Å²) in [6, 6.07) is 8.71. The third-order valence-electron chi connectivity index (χ3n) is 3.94. The summed E-state index contributed by atoms with van der Waals surface area (Å²) in [4.78, 5) is 3.96. The minimum atomic E-state index is -0.416. The van der Waals surface area contributed by atoms with Crippen molar-refractivity contribution in [1.82, 2.24) is 15.2 Å². The predicted molar refractivity (Wildman–Crippen MR) is 129 cm³/mol. The number of nitrogens with zero attached hydrogens (tertiary/aromatic N) is 3. The molecule has 0 aliphatic rings. The van der Waals surface area contributed by atoms with E-state index in [9.17, 15) is 0 Å². The van der Waals surface area contributed by atoms with Gasteiger partial charge in [0.1, 0.15) is 17.5 Å². The zero-order chi connectivity index (χ0) is 21.0. The molecule has 2 aromatic heterocycles. The van der Waals surface area contributed by atoms with Crippen LogP contribution in [0.1, 0.15) is 29.8 Å². The van der Waals surface area contributed by atoms with E-state index in [1.165, 1.54) is 12.4 Å². The van der Waals surface area contributed by atoms with Gasteiger partial charge in [-0.15, -0.1) is 10.2 Å². The zero-order valence-corrected chi connectivity index (χ0v) is 20.3. The van der Waals surface area contributed by atoms with Gasteiger partial charge in [0.15, 0.2) is 5.15 Å². The number of hydrogen-bond acceptors (Lipinski definition) is 6. The van der Waals surface area contributed by atoms with Crippen molar-refractivity contribution < 1.29 is 4.74 Å². The summed E-state index contributed by atoms with van der Waals surface area (Å²) < 4.78 is 6.06. The van der Waals surface area contributed by atoms with E-state index < -0.39 is 6.10 Å². The van der Waals surface area contributed by atoms with Gasteiger partial charge < -0.3 is 9.82 Å². The summed E-state index contributed by atoms with van der Waals surface area (Å²) >= 11 is 20.5. The number of halogens is 4. The molecule has 6 nitrogen and oxygen atoms in total. The van der Waals surface area contributed by atoms with Gasteiger partial charge in [0.05, 0.1) is 15.8 Å². The Morgan fingerprint density at radius 1 is 1.14 bits per heavy atom. The standard InChI is InChI=1S/C18H14Cl3IN5OP/c1-9(17-12(19)7-24-8-13(17)20)28-10-2-3-14(27-29-22)11(6-10)18(23)15-4-5-16(21)26-25-15/h2-9,23,27,29H,1H3/t9-/m1/s1. The molecule has 0 spiro atoms. The smallest absolute Gasteiger partial charge is 0.151 e. The third kappa shape index (κ3) is 5.47. The maximum absolute atomic E-state index is 8.58. The van der Waals surface area contributed by atoms with Gasteiger partial charge in [-0.2, -0.15) is 0 Å². The lowest BCUT2D eigenvalue weighted by molar-refractivity contribution is 0.227. The van der Waals surface area contributed by atoms with Crippen LogP contribution in [-0.4, -0.2) is 20.9 Å². The molecule has 2 atom stereocenters. The first-order chi connectivity index (χ1) is 13.9. The van der Waals surface area contributed by atoms with E-state index >= 15 is 0 Å². The van der Waals surface area contributed by atoms with Crippen LogP contribution in [0.3, 0.4) is 0 Å². The fraction of sp³-hybridized carbons (Fsp3) is 0.111. The number of rotatable bonds is 7. The predicted octanol–water partition coefficient (Wildman–Crippen LogP) is 6.74. The quantitative estimate of drug-likeness (QED) is 0.184. The fourth-order valence-corrected chi connectivity index (χ4v) is 4.59. The molecule has 2 N–H and O–H groups in total. The van der Waals surface area contributed by atoms with E-state index in [-0.39, 0.29) is 10.9 Å². The van der Waals surface area contributed by atoms with Gasteiger partial charge in [0.2, 0.25) is 0 Å². The Hall–Kier alpha value is -1.25. The first-order valence-electron chi connectivity index (χ1n) is 8.20. The van der Waals surface area contributed by atoms with Gasteiger partial charge in [0, 0.05) is 35.6 Å². The largest absolute Gasteiger partial charge is 0.486 e. The molecular formula is C18H14Cl3IN5OP. The summed E-state index contributed by atoms with van der Waals surface area (Å²) in [5.41, 5.74) is 2.67. The summed E-state index contributed by atoms with van der Waals surface area (Å²) in [7, 11) is 0. The Labute approximate surface area is 197 Å². The first kappa shape index (κ1) is 22.4. The van der Waals surface area contributed by atoms with Crippen LogP contribution >= 0.6 is 63.2 Å². The highest BCUT2D eigenvalue weighted by Crippen LogP contribution is 2.35. The maximum atomic E-state index is 8.58. The van der Waals surface area contributed by atoms with E-state index in [2.05, 4.69) is 42.3 Å². The molecule has 0 fully saturated rings. The van der Waals surface area contributed by atoms with Gasteiger partial charge in [-0.05, 0) is 59.3 Å². The highest BCUT2D eigenvalue weighted by atomic mass is 127. The Balaban J connectivity index is 1.94. The minimum Gasteiger partial charge on any atom is -0.486 e. The Kier molecular flexibility index (Phi) is 7.87. The van der Waals surface area contributed by atoms with Crippen LogP contribution in [0.15, 0.2) is 42.7 Å². The van der Waals surface area contributed by atoms with Crippen molar-refractivity contribution in [2.45, 2.75) is 13.0 Å². The van der Waals surface area contributed by atoms with Crippen molar-refractivity contribution in [3.8, 4) is 5.75 Å². The number of benzene rings is 1. The topological polar surface area (TPSA) is 83.8 Å². The highest BCUT2D eigenvalue weighted by molar-refractivity contribution is 14.2. The molecule has 0 saturated heterocycles. The number of pyridine rings is 1. The second-order valence-electron chi connectivity index (χ2n) is 5.82. The SMILES string of the molecule is C[C@@H](Oc1ccc(NPI)c(C(=N)c2ccc(Cl)nn2)c1)c1c(Cl)cncc1Cl. The molecule has 29 heavy (non-hydrogen) atoms. The van der Waals surface area contributed by atoms with Crippen LogP contribution in [0, 0.1) is 5.41 Å². The van der Waals surface area contributed by atoms with E-state index in [1.54, 1.807) is 18.2 Å². The van der Waals surface area contributed by atoms with Crippen molar-refractivity contribution in [2.75, 3.05) is 5.09 Å². The van der Waals surface area contributed by atoms with E-state index in [0.29, 0.717) is 39.0 Å². The first-order valence-corrected chi connectivity index (χ1v) is 13.4. The molecule has 11 heteroatoms. The summed E-state index contributed by atoms with van der Waals surface area (Å²) in [6.07, 6.45) is 3.06. The van der Waals surface area contributed by atoms with E-state index in [4.69, 9.17) is 44.9 Å².